The zero-order valence-electron chi connectivity index (χ0n) is 10.2. The topological polar surface area (TPSA) is 55.6 Å². The summed E-state index contributed by atoms with van der Waals surface area (Å²) in [5.74, 6) is 0.374. The van der Waals surface area contributed by atoms with E-state index in [4.69, 9.17) is 10.5 Å². The first kappa shape index (κ1) is 12.4. The highest BCUT2D eigenvalue weighted by molar-refractivity contribution is 7.14. The molecule has 1 aromatic rings. The predicted molar refractivity (Wildman–Crippen MR) is 69.5 cm³/mol. The molecule has 0 aliphatic carbocycles. The van der Waals surface area contributed by atoms with Gasteiger partial charge < -0.3 is 15.4 Å². The van der Waals surface area contributed by atoms with Crippen LogP contribution in [0.4, 0.5) is 5.00 Å². The van der Waals surface area contributed by atoms with Gasteiger partial charge in [0.2, 0.25) is 0 Å². The molecule has 0 saturated carbocycles. The maximum Gasteiger partial charge on any atom is 0.257 e. The van der Waals surface area contributed by atoms with E-state index in [0.29, 0.717) is 42.8 Å². The summed E-state index contributed by atoms with van der Waals surface area (Å²) in [6, 6.07) is 0. The Morgan fingerprint density at radius 2 is 2.12 bits per heavy atom. The molecule has 2 N–H and O–H groups in total. The Hall–Kier alpha value is -1.07. The second-order valence-corrected chi connectivity index (χ2v) is 5.40. The van der Waals surface area contributed by atoms with Gasteiger partial charge in [0.05, 0.1) is 23.8 Å². The molecule has 1 aromatic heterocycles. The van der Waals surface area contributed by atoms with Crippen molar-refractivity contribution in [2.24, 2.45) is 0 Å². The van der Waals surface area contributed by atoms with Crippen LogP contribution in [0.2, 0.25) is 0 Å². The predicted octanol–water partition coefficient (Wildman–Crippen LogP) is 1.93. The Balaban J connectivity index is 2.26. The molecule has 2 heterocycles. The van der Waals surface area contributed by atoms with Gasteiger partial charge in [-0.15, -0.1) is 11.3 Å². The van der Waals surface area contributed by atoms with Crippen LogP contribution in [0, 0.1) is 0 Å². The summed E-state index contributed by atoms with van der Waals surface area (Å²) >= 11 is 1.45. The Labute approximate surface area is 105 Å². The van der Waals surface area contributed by atoms with E-state index < -0.39 is 0 Å². The zero-order valence-corrected chi connectivity index (χ0v) is 11.0. The van der Waals surface area contributed by atoms with Crippen molar-refractivity contribution in [1.82, 2.24) is 4.90 Å². The number of nitrogens with two attached hydrogens (primary N) is 1. The SMILES string of the molecule is CC(C)c1csc(N)c1C(=O)N1CCOCC1. The third-order valence-electron chi connectivity index (χ3n) is 2.98. The van der Waals surface area contributed by atoms with Crippen molar-refractivity contribution < 1.29 is 9.53 Å². The van der Waals surface area contributed by atoms with Crippen LogP contribution in [-0.4, -0.2) is 37.1 Å². The average Bonchev–Trinajstić information content (AvgIpc) is 2.71. The van der Waals surface area contributed by atoms with E-state index in [1.165, 1.54) is 11.3 Å². The van der Waals surface area contributed by atoms with Crippen LogP contribution in [0.5, 0.6) is 0 Å². The first-order valence-corrected chi connectivity index (χ1v) is 6.73. The minimum atomic E-state index is 0.0516. The van der Waals surface area contributed by atoms with Crippen LogP contribution in [0.25, 0.3) is 0 Å². The smallest absolute Gasteiger partial charge is 0.257 e. The van der Waals surface area contributed by atoms with Gasteiger partial charge in [0.25, 0.3) is 5.91 Å². The molecule has 0 spiro atoms. The van der Waals surface area contributed by atoms with Gasteiger partial charge in [0, 0.05) is 13.1 Å². The van der Waals surface area contributed by atoms with Gasteiger partial charge in [-0.2, -0.15) is 0 Å². The minimum absolute atomic E-state index is 0.0516. The summed E-state index contributed by atoms with van der Waals surface area (Å²) in [6.45, 7) is 6.71. The molecule has 0 unspecified atom stereocenters. The van der Waals surface area contributed by atoms with Crippen LogP contribution in [0.3, 0.4) is 0 Å². The average molecular weight is 254 g/mol. The number of hydrogen-bond acceptors (Lipinski definition) is 4. The normalized spacial score (nSPS) is 16.5. The first-order chi connectivity index (χ1) is 8.11. The number of morpholine rings is 1. The summed E-state index contributed by atoms with van der Waals surface area (Å²) in [4.78, 5) is 14.2. The van der Waals surface area contributed by atoms with Crippen LogP contribution in [0.15, 0.2) is 5.38 Å². The highest BCUT2D eigenvalue weighted by atomic mass is 32.1. The first-order valence-electron chi connectivity index (χ1n) is 5.85. The molecule has 1 amide bonds. The molecule has 17 heavy (non-hydrogen) atoms. The molecule has 1 saturated heterocycles. The number of carbonyl (C=O) groups excluding carboxylic acids is 1. The van der Waals surface area contributed by atoms with E-state index in [0.717, 1.165) is 5.56 Å². The summed E-state index contributed by atoms with van der Waals surface area (Å²) in [5, 5.41) is 2.62. The summed E-state index contributed by atoms with van der Waals surface area (Å²) in [5.41, 5.74) is 7.69. The lowest BCUT2D eigenvalue weighted by Crippen LogP contribution is -2.41. The van der Waals surface area contributed by atoms with Crippen molar-refractivity contribution in [2.75, 3.05) is 32.0 Å². The summed E-state index contributed by atoms with van der Waals surface area (Å²) in [6.07, 6.45) is 0. The molecule has 94 valence electrons. The molecule has 0 aromatic carbocycles. The monoisotopic (exact) mass is 254 g/mol. The molecule has 0 bridgehead atoms. The van der Waals surface area contributed by atoms with Gasteiger partial charge in [-0.05, 0) is 16.9 Å². The zero-order chi connectivity index (χ0) is 12.4. The fraction of sp³-hybridized carbons (Fsp3) is 0.583. The maximum atomic E-state index is 12.4. The lowest BCUT2D eigenvalue weighted by atomic mass is 10.0. The Bertz CT molecular complexity index is 409. The van der Waals surface area contributed by atoms with Gasteiger partial charge in [-0.25, -0.2) is 0 Å². The largest absolute Gasteiger partial charge is 0.390 e. The van der Waals surface area contributed by atoms with Gasteiger partial charge >= 0.3 is 0 Å². The number of ether oxygens (including phenoxy) is 1. The fourth-order valence-electron chi connectivity index (χ4n) is 1.97. The Morgan fingerprint density at radius 1 is 1.47 bits per heavy atom. The Kier molecular flexibility index (Phi) is 3.69. The van der Waals surface area contributed by atoms with Crippen molar-refractivity contribution in [3.05, 3.63) is 16.5 Å². The quantitative estimate of drug-likeness (QED) is 0.877. The van der Waals surface area contributed by atoms with Crippen molar-refractivity contribution in [2.45, 2.75) is 19.8 Å². The van der Waals surface area contributed by atoms with Gasteiger partial charge in [-0.3, -0.25) is 4.79 Å². The summed E-state index contributed by atoms with van der Waals surface area (Å²) in [7, 11) is 0. The van der Waals surface area contributed by atoms with Gasteiger partial charge in [0.1, 0.15) is 0 Å². The van der Waals surface area contributed by atoms with Crippen LogP contribution in [-0.2, 0) is 4.74 Å². The highest BCUT2D eigenvalue weighted by Gasteiger charge is 2.25. The lowest BCUT2D eigenvalue weighted by molar-refractivity contribution is 0.0303. The molecule has 0 radical (unpaired) electrons. The molecule has 1 fully saturated rings. The number of rotatable bonds is 2. The second-order valence-electron chi connectivity index (χ2n) is 4.49. The van der Waals surface area contributed by atoms with Crippen molar-refractivity contribution in [1.29, 1.82) is 0 Å². The van der Waals surface area contributed by atoms with E-state index in [1.807, 2.05) is 10.3 Å². The van der Waals surface area contributed by atoms with Crippen LogP contribution < -0.4 is 5.73 Å². The molecule has 4 nitrogen and oxygen atoms in total. The maximum absolute atomic E-state index is 12.4. The number of hydrogen-bond donors (Lipinski definition) is 1. The molecule has 2 rings (SSSR count). The van der Waals surface area contributed by atoms with Crippen LogP contribution in [0.1, 0.15) is 35.7 Å². The Morgan fingerprint density at radius 3 is 2.71 bits per heavy atom. The fourth-order valence-corrected chi connectivity index (χ4v) is 2.93. The minimum Gasteiger partial charge on any atom is -0.390 e. The van der Waals surface area contributed by atoms with E-state index in [-0.39, 0.29) is 5.91 Å². The van der Waals surface area contributed by atoms with E-state index in [9.17, 15) is 4.79 Å². The molecular weight excluding hydrogens is 236 g/mol. The molecule has 5 heteroatoms. The number of anilines is 1. The lowest BCUT2D eigenvalue weighted by Gasteiger charge is -2.27. The van der Waals surface area contributed by atoms with Crippen molar-refractivity contribution >= 4 is 22.2 Å². The third kappa shape index (κ3) is 2.45. The standard InChI is InChI=1S/C12H18N2O2S/c1-8(2)9-7-17-11(13)10(9)12(15)14-3-5-16-6-4-14/h7-8H,3-6,13H2,1-2H3. The molecule has 1 aliphatic rings. The van der Waals surface area contributed by atoms with E-state index in [1.54, 1.807) is 0 Å². The number of thiophene rings is 1. The summed E-state index contributed by atoms with van der Waals surface area (Å²) < 4.78 is 5.25. The number of nitrogen functional groups attached to an aromatic ring is 1. The third-order valence-corrected chi connectivity index (χ3v) is 3.81. The van der Waals surface area contributed by atoms with E-state index in [2.05, 4.69) is 13.8 Å². The number of carbonyl (C=O) groups is 1. The molecular formula is C12H18N2O2S. The van der Waals surface area contributed by atoms with Crippen molar-refractivity contribution in [3.63, 3.8) is 0 Å². The van der Waals surface area contributed by atoms with Crippen LogP contribution >= 0.6 is 11.3 Å². The van der Waals surface area contributed by atoms with Gasteiger partial charge in [0.15, 0.2) is 0 Å². The van der Waals surface area contributed by atoms with Gasteiger partial charge in [-0.1, -0.05) is 13.8 Å². The molecule has 0 atom stereocenters. The second kappa shape index (κ2) is 5.06. The highest BCUT2D eigenvalue weighted by Crippen LogP contribution is 2.31. The van der Waals surface area contributed by atoms with E-state index >= 15 is 0 Å². The number of nitrogens with zero attached hydrogens (tertiary/aromatic N) is 1. The molecule has 1 aliphatic heterocycles. The van der Waals surface area contributed by atoms with Crippen molar-refractivity contribution in [3.8, 4) is 0 Å². The number of amides is 1.